The Bertz CT molecular complexity index is 294. The van der Waals surface area contributed by atoms with Crippen LogP contribution in [0.5, 0.6) is 0 Å². The van der Waals surface area contributed by atoms with E-state index in [4.69, 9.17) is 0 Å². The fourth-order valence-corrected chi connectivity index (χ4v) is 2.14. The third-order valence-electron chi connectivity index (χ3n) is 2.85. The molecule has 13 heavy (non-hydrogen) atoms. The third-order valence-corrected chi connectivity index (χ3v) is 2.85. The van der Waals surface area contributed by atoms with Crippen molar-refractivity contribution in [2.24, 2.45) is 0 Å². The van der Waals surface area contributed by atoms with Crippen LogP contribution in [0.15, 0.2) is 18.5 Å². The van der Waals surface area contributed by atoms with Gasteiger partial charge in [0, 0.05) is 18.4 Å². The van der Waals surface area contributed by atoms with E-state index in [1.165, 1.54) is 30.4 Å². The highest BCUT2D eigenvalue weighted by atomic mass is 15.1. The van der Waals surface area contributed by atoms with Gasteiger partial charge in [-0.15, -0.1) is 0 Å². The van der Waals surface area contributed by atoms with Crippen LogP contribution in [0, 0.1) is 0 Å². The van der Waals surface area contributed by atoms with Crippen LogP contribution in [-0.2, 0) is 6.42 Å². The van der Waals surface area contributed by atoms with Crippen molar-refractivity contribution in [3.63, 3.8) is 0 Å². The number of aromatic nitrogens is 1. The van der Waals surface area contributed by atoms with E-state index in [-0.39, 0.29) is 0 Å². The van der Waals surface area contributed by atoms with Crippen LogP contribution in [0.4, 0.5) is 0 Å². The zero-order valence-electron chi connectivity index (χ0n) is 8.33. The van der Waals surface area contributed by atoms with E-state index in [0.717, 1.165) is 0 Å². The minimum atomic E-state index is 0.581. The first-order valence-electron chi connectivity index (χ1n) is 4.88. The number of aryl methyl sites for hydroxylation is 1. The Kier molecular flexibility index (Phi) is 2.32. The summed E-state index contributed by atoms with van der Waals surface area (Å²) in [6.45, 7) is 0. The van der Waals surface area contributed by atoms with Crippen molar-refractivity contribution in [2.45, 2.75) is 25.3 Å². The van der Waals surface area contributed by atoms with E-state index in [0.29, 0.717) is 6.04 Å². The quantitative estimate of drug-likeness (QED) is 0.650. The Hall–Kier alpha value is -0.890. The Morgan fingerprint density at radius 3 is 3.08 bits per heavy atom. The van der Waals surface area contributed by atoms with E-state index in [1.54, 1.807) is 0 Å². The number of nitrogens with zero attached hydrogens (tertiary/aromatic N) is 2. The molecule has 1 atom stereocenters. The first kappa shape index (κ1) is 8.70. The minimum absolute atomic E-state index is 0.581. The molecule has 1 heterocycles. The molecule has 0 spiro atoms. The summed E-state index contributed by atoms with van der Waals surface area (Å²) in [5.74, 6) is 0. The zero-order valence-corrected chi connectivity index (χ0v) is 8.33. The molecule has 0 saturated heterocycles. The third kappa shape index (κ3) is 1.59. The molecule has 1 aliphatic rings. The van der Waals surface area contributed by atoms with Crippen LogP contribution in [-0.4, -0.2) is 24.0 Å². The van der Waals surface area contributed by atoms with Crippen LogP contribution < -0.4 is 0 Å². The molecule has 0 fully saturated rings. The number of hydrogen-bond acceptors (Lipinski definition) is 2. The van der Waals surface area contributed by atoms with Gasteiger partial charge in [-0.05, 0) is 50.6 Å². The normalized spacial score (nSPS) is 21.6. The number of fused-ring (bicyclic) bond motifs is 1. The Morgan fingerprint density at radius 2 is 2.31 bits per heavy atom. The van der Waals surface area contributed by atoms with Crippen LogP contribution in [0.2, 0.25) is 0 Å². The van der Waals surface area contributed by atoms with Gasteiger partial charge < -0.3 is 4.90 Å². The van der Waals surface area contributed by atoms with Crippen LogP contribution >= 0.6 is 0 Å². The molecular formula is C11H16N2. The summed E-state index contributed by atoms with van der Waals surface area (Å²) in [7, 11) is 4.29. The molecule has 0 saturated carbocycles. The standard InChI is InChI=1S/C11H16N2/c1-13(2)11-5-3-4-9-6-7-12-8-10(9)11/h6-8,11H,3-5H2,1-2H3/t11-/m0/s1. The van der Waals surface area contributed by atoms with Crippen LogP contribution in [0.1, 0.15) is 30.0 Å². The monoisotopic (exact) mass is 176 g/mol. The van der Waals surface area contributed by atoms with Gasteiger partial charge in [0.1, 0.15) is 0 Å². The molecule has 2 heteroatoms. The van der Waals surface area contributed by atoms with Crippen molar-refractivity contribution in [3.05, 3.63) is 29.6 Å². The van der Waals surface area contributed by atoms with Gasteiger partial charge in [0.25, 0.3) is 0 Å². The van der Waals surface area contributed by atoms with Gasteiger partial charge in [-0.25, -0.2) is 0 Å². The second-order valence-corrected chi connectivity index (χ2v) is 3.95. The molecule has 0 bridgehead atoms. The van der Waals surface area contributed by atoms with Crippen molar-refractivity contribution >= 4 is 0 Å². The molecule has 2 rings (SSSR count). The van der Waals surface area contributed by atoms with E-state index < -0.39 is 0 Å². The smallest absolute Gasteiger partial charge is 0.0360 e. The maximum absolute atomic E-state index is 4.20. The summed E-state index contributed by atoms with van der Waals surface area (Å²) in [5, 5.41) is 0. The summed E-state index contributed by atoms with van der Waals surface area (Å²) in [5.41, 5.74) is 2.92. The lowest BCUT2D eigenvalue weighted by molar-refractivity contribution is 0.268. The van der Waals surface area contributed by atoms with Gasteiger partial charge in [0.15, 0.2) is 0 Å². The topological polar surface area (TPSA) is 16.1 Å². The predicted octanol–water partition coefficient (Wildman–Crippen LogP) is 2.02. The van der Waals surface area contributed by atoms with Crippen molar-refractivity contribution in [2.75, 3.05) is 14.1 Å². The van der Waals surface area contributed by atoms with Crippen molar-refractivity contribution in [1.29, 1.82) is 0 Å². The van der Waals surface area contributed by atoms with E-state index in [1.807, 2.05) is 12.4 Å². The molecule has 0 radical (unpaired) electrons. The van der Waals surface area contributed by atoms with Crippen LogP contribution in [0.25, 0.3) is 0 Å². The molecule has 0 unspecified atom stereocenters. The number of hydrogen-bond donors (Lipinski definition) is 0. The highest BCUT2D eigenvalue weighted by Gasteiger charge is 2.21. The number of rotatable bonds is 1. The van der Waals surface area contributed by atoms with Gasteiger partial charge in [0.2, 0.25) is 0 Å². The van der Waals surface area contributed by atoms with Gasteiger partial charge in [-0.2, -0.15) is 0 Å². The van der Waals surface area contributed by atoms with Crippen LogP contribution in [0.3, 0.4) is 0 Å². The van der Waals surface area contributed by atoms with Gasteiger partial charge in [-0.3, -0.25) is 4.98 Å². The second kappa shape index (κ2) is 3.46. The van der Waals surface area contributed by atoms with Gasteiger partial charge in [-0.1, -0.05) is 0 Å². The average molecular weight is 176 g/mol. The second-order valence-electron chi connectivity index (χ2n) is 3.95. The molecule has 2 nitrogen and oxygen atoms in total. The number of pyridine rings is 1. The lowest BCUT2D eigenvalue weighted by Crippen LogP contribution is -2.24. The van der Waals surface area contributed by atoms with Crippen molar-refractivity contribution < 1.29 is 0 Å². The molecule has 0 aliphatic heterocycles. The van der Waals surface area contributed by atoms with E-state index in [9.17, 15) is 0 Å². The maximum Gasteiger partial charge on any atom is 0.0360 e. The molecular weight excluding hydrogens is 160 g/mol. The fraction of sp³-hybridized carbons (Fsp3) is 0.545. The molecule has 1 aromatic heterocycles. The Balaban J connectivity index is 2.37. The first-order chi connectivity index (χ1) is 6.29. The van der Waals surface area contributed by atoms with Gasteiger partial charge in [0.05, 0.1) is 0 Å². The SMILES string of the molecule is CN(C)[C@H]1CCCc2ccncc21. The molecule has 0 amide bonds. The average Bonchev–Trinajstić information content (AvgIpc) is 2.17. The summed E-state index contributed by atoms with van der Waals surface area (Å²) in [4.78, 5) is 6.50. The van der Waals surface area contributed by atoms with Gasteiger partial charge >= 0.3 is 0 Å². The fourth-order valence-electron chi connectivity index (χ4n) is 2.14. The summed E-state index contributed by atoms with van der Waals surface area (Å²) >= 11 is 0. The highest BCUT2D eigenvalue weighted by molar-refractivity contribution is 5.28. The molecule has 1 aliphatic carbocycles. The van der Waals surface area contributed by atoms with E-state index >= 15 is 0 Å². The Morgan fingerprint density at radius 1 is 1.46 bits per heavy atom. The molecule has 0 aromatic carbocycles. The zero-order chi connectivity index (χ0) is 9.26. The van der Waals surface area contributed by atoms with Crippen molar-refractivity contribution in [3.8, 4) is 0 Å². The Labute approximate surface area is 79.6 Å². The molecule has 1 aromatic rings. The first-order valence-corrected chi connectivity index (χ1v) is 4.88. The summed E-state index contributed by atoms with van der Waals surface area (Å²) in [6.07, 6.45) is 7.73. The van der Waals surface area contributed by atoms with E-state index in [2.05, 4.69) is 30.0 Å². The largest absolute Gasteiger partial charge is 0.302 e. The summed E-state index contributed by atoms with van der Waals surface area (Å²) < 4.78 is 0. The minimum Gasteiger partial charge on any atom is -0.302 e. The molecule has 0 N–H and O–H groups in total. The highest BCUT2D eigenvalue weighted by Crippen LogP contribution is 2.31. The maximum atomic E-state index is 4.20. The predicted molar refractivity (Wildman–Crippen MR) is 53.6 cm³/mol. The lowest BCUT2D eigenvalue weighted by Gasteiger charge is -2.30. The lowest BCUT2D eigenvalue weighted by atomic mass is 9.89. The molecule has 70 valence electrons. The van der Waals surface area contributed by atoms with Crippen molar-refractivity contribution in [1.82, 2.24) is 9.88 Å². The summed E-state index contributed by atoms with van der Waals surface area (Å²) in [6, 6.07) is 2.74.